The van der Waals surface area contributed by atoms with Crippen LogP contribution in [0.5, 0.6) is 0 Å². The lowest BCUT2D eigenvalue weighted by molar-refractivity contribution is -0.152. The fourth-order valence-electron chi connectivity index (χ4n) is 2.61. The molecule has 2 heterocycles. The molecule has 0 unspecified atom stereocenters. The van der Waals surface area contributed by atoms with Crippen molar-refractivity contribution in [1.82, 2.24) is 4.90 Å². The molecule has 0 spiro atoms. The number of rotatable bonds is 1. The monoisotopic (exact) mass is 242 g/mol. The van der Waals surface area contributed by atoms with Crippen LogP contribution >= 0.6 is 0 Å². The van der Waals surface area contributed by atoms with Crippen molar-refractivity contribution in [3.8, 4) is 0 Å². The first-order valence-corrected chi connectivity index (χ1v) is 6.33. The van der Waals surface area contributed by atoms with E-state index >= 15 is 0 Å². The van der Waals surface area contributed by atoms with Crippen molar-refractivity contribution >= 4 is 5.91 Å². The van der Waals surface area contributed by atoms with Gasteiger partial charge in [0.2, 0.25) is 5.91 Å². The zero-order valence-electron chi connectivity index (χ0n) is 10.6. The molecule has 0 aromatic heterocycles. The minimum Gasteiger partial charge on any atom is -0.381 e. The second kappa shape index (κ2) is 4.92. The number of carbonyl (C=O) groups excluding carboxylic acids is 1. The number of nitrogens with two attached hydrogens (primary N) is 1. The molecule has 1 amide bonds. The van der Waals surface area contributed by atoms with Crippen molar-refractivity contribution in [3.05, 3.63) is 0 Å². The molecule has 0 aliphatic carbocycles. The maximum atomic E-state index is 12.5. The smallest absolute Gasteiger partial charge is 0.243 e. The van der Waals surface area contributed by atoms with E-state index in [9.17, 15) is 4.79 Å². The summed E-state index contributed by atoms with van der Waals surface area (Å²) in [5, 5.41) is 0. The van der Waals surface area contributed by atoms with Gasteiger partial charge >= 0.3 is 0 Å². The highest BCUT2D eigenvalue weighted by Gasteiger charge is 2.40. The van der Waals surface area contributed by atoms with E-state index in [0.717, 1.165) is 0 Å². The maximum Gasteiger partial charge on any atom is 0.243 e. The summed E-state index contributed by atoms with van der Waals surface area (Å²) in [5.41, 5.74) is 5.49. The topological polar surface area (TPSA) is 64.8 Å². The first kappa shape index (κ1) is 12.8. The molecule has 2 saturated heterocycles. The third-order valence-corrected chi connectivity index (χ3v) is 3.52. The van der Waals surface area contributed by atoms with E-state index in [2.05, 4.69) is 0 Å². The molecule has 0 aromatic rings. The van der Waals surface area contributed by atoms with Gasteiger partial charge in [0.15, 0.2) is 0 Å². The lowest BCUT2D eigenvalue weighted by Gasteiger charge is -2.41. The Bertz CT molecular complexity index is 279. The van der Waals surface area contributed by atoms with Crippen molar-refractivity contribution in [2.75, 3.05) is 26.3 Å². The predicted octanol–water partition coefficient (Wildman–Crippen LogP) is 0.130. The predicted molar refractivity (Wildman–Crippen MR) is 63.6 cm³/mol. The van der Waals surface area contributed by atoms with Gasteiger partial charge in [-0.2, -0.15) is 0 Å². The van der Waals surface area contributed by atoms with E-state index in [1.165, 1.54) is 0 Å². The summed E-state index contributed by atoms with van der Waals surface area (Å²) in [7, 11) is 0. The van der Waals surface area contributed by atoms with E-state index in [1.807, 2.05) is 18.7 Å². The Morgan fingerprint density at radius 3 is 2.29 bits per heavy atom. The molecule has 17 heavy (non-hydrogen) atoms. The molecule has 0 aromatic carbocycles. The maximum absolute atomic E-state index is 12.5. The second-order valence-corrected chi connectivity index (χ2v) is 5.24. The number of carbonyl (C=O) groups is 1. The molecule has 2 aliphatic rings. The SMILES string of the molecule is C[C@@H]1CN(C(=O)C2(N)CCOCC2)C[C@H](C)O1. The van der Waals surface area contributed by atoms with Crippen LogP contribution in [0.1, 0.15) is 26.7 Å². The molecule has 5 nitrogen and oxygen atoms in total. The normalized spacial score (nSPS) is 33.5. The molecule has 98 valence electrons. The number of hydrogen-bond acceptors (Lipinski definition) is 4. The van der Waals surface area contributed by atoms with Gasteiger partial charge in [-0.25, -0.2) is 0 Å². The standard InChI is InChI=1S/C12H22N2O3/c1-9-7-14(8-10(2)17-9)11(15)12(13)3-5-16-6-4-12/h9-10H,3-8,13H2,1-2H3/t9-,10+. The van der Waals surface area contributed by atoms with Crippen molar-refractivity contribution < 1.29 is 14.3 Å². The minimum atomic E-state index is -0.727. The van der Waals surface area contributed by atoms with Gasteiger partial charge in [-0.3, -0.25) is 4.79 Å². The summed E-state index contributed by atoms with van der Waals surface area (Å²) in [6.45, 7) is 6.42. The lowest BCUT2D eigenvalue weighted by atomic mass is 9.89. The molecular formula is C12H22N2O3. The molecule has 2 aliphatic heterocycles. The lowest BCUT2D eigenvalue weighted by Crippen LogP contribution is -2.61. The van der Waals surface area contributed by atoms with Gasteiger partial charge in [0.25, 0.3) is 0 Å². The Balaban J connectivity index is 2.03. The average Bonchev–Trinajstić information content (AvgIpc) is 2.27. The van der Waals surface area contributed by atoms with Gasteiger partial charge in [-0.05, 0) is 26.7 Å². The molecule has 2 rings (SSSR count). The Hall–Kier alpha value is -0.650. The molecule has 2 N–H and O–H groups in total. The van der Waals surface area contributed by atoms with Crippen LogP contribution in [0.2, 0.25) is 0 Å². The third-order valence-electron chi connectivity index (χ3n) is 3.52. The van der Waals surface area contributed by atoms with Crippen LogP contribution in [-0.4, -0.2) is 54.9 Å². The summed E-state index contributed by atoms with van der Waals surface area (Å²) in [4.78, 5) is 14.3. The third kappa shape index (κ3) is 2.78. The Kier molecular flexibility index (Phi) is 3.70. The van der Waals surface area contributed by atoms with Gasteiger partial charge in [-0.1, -0.05) is 0 Å². The fraction of sp³-hybridized carbons (Fsp3) is 0.917. The molecular weight excluding hydrogens is 220 g/mol. The zero-order valence-corrected chi connectivity index (χ0v) is 10.6. The van der Waals surface area contributed by atoms with Crippen molar-refractivity contribution in [2.45, 2.75) is 44.4 Å². The van der Waals surface area contributed by atoms with Gasteiger partial charge in [0, 0.05) is 26.3 Å². The van der Waals surface area contributed by atoms with E-state index < -0.39 is 5.54 Å². The van der Waals surface area contributed by atoms with Crippen molar-refractivity contribution in [3.63, 3.8) is 0 Å². The average molecular weight is 242 g/mol. The Labute approximate surface area is 102 Å². The van der Waals surface area contributed by atoms with Gasteiger partial charge in [0.1, 0.15) is 0 Å². The molecule has 0 bridgehead atoms. The van der Waals surface area contributed by atoms with Crippen LogP contribution in [0.15, 0.2) is 0 Å². The van der Waals surface area contributed by atoms with Crippen LogP contribution in [0.3, 0.4) is 0 Å². The Morgan fingerprint density at radius 2 is 1.76 bits per heavy atom. The summed E-state index contributed by atoms with van der Waals surface area (Å²) in [6, 6.07) is 0. The summed E-state index contributed by atoms with van der Waals surface area (Å²) in [6.07, 6.45) is 1.41. The summed E-state index contributed by atoms with van der Waals surface area (Å²) < 4.78 is 10.9. The van der Waals surface area contributed by atoms with E-state index in [4.69, 9.17) is 15.2 Å². The van der Waals surface area contributed by atoms with Crippen molar-refractivity contribution in [2.24, 2.45) is 5.73 Å². The highest BCUT2D eigenvalue weighted by Crippen LogP contribution is 2.22. The van der Waals surface area contributed by atoms with Crippen LogP contribution in [0, 0.1) is 0 Å². The van der Waals surface area contributed by atoms with E-state index in [1.54, 1.807) is 0 Å². The van der Waals surface area contributed by atoms with Gasteiger partial charge in [-0.15, -0.1) is 0 Å². The first-order valence-electron chi connectivity index (χ1n) is 6.33. The van der Waals surface area contributed by atoms with Crippen LogP contribution in [-0.2, 0) is 14.3 Å². The summed E-state index contributed by atoms with van der Waals surface area (Å²) >= 11 is 0. The number of ether oxygens (including phenoxy) is 2. The largest absolute Gasteiger partial charge is 0.381 e. The molecule has 5 heteroatoms. The molecule has 0 saturated carbocycles. The number of nitrogens with zero attached hydrogens (tertiary/aromatic N) is 1. The van der Waals surface area contributed by atoms with Crippen LogP contribution in [0.4, 0.5) is 0 Å². The molecule has 0 radical (unpaired) electrons. The van der Waals surface area contributed by atoms with Gasteiger partial charge in [0.05, 0.1) is 17.7 Å². The van der Waals surface area contributed by atoms with Gasteiger partial charge < -0.3 is 20.1 Å². The Morgan fingerprint density at radius 1 is 1.24 bits per heavy atom. The van der Waals surface area contributed by atoms with E-state index in [0.29, 0.717) is 39.1 Å². The van der Waals surface area contributed by atoms with Crippen LogP contribution < -0.4 is 5.73 Å². The highest BCUT2D eigenvalue weighted by atomic mass is 16.5. The second-order valence-electron chi connectivity index (χ2n) is 5.24. The van der Waals surface area contributed by atoms with Crippen LogP contribution in [0.25, 0.3) is 0 Å². The fourth-order valence-corrected chi connectivity index (χ4v) is 2.61. The first-order chi connectivity index (χ1) is 8.01. The molecule has 2 atom stereocenters. The zero-order chi connectivity index (χ0) is 12.5. The molecule has 2 fully saturated rings. The number of hydrogen-bond donors (Lipinski definition) is 1. The van der Waals surface area contributed by atoms with E-state index in [-0.39, 0.29) is 18.1 Å². The highest BCUT2D eigenvalue weighted by molar-refractivity contribution is 5.86. The minimum absolute atomic E-state index is 0.0581. The number of morpholine rings is 1. The summed E-state index contributed by atoms with van der Waals surface area (Å²) in [5.74, 6) is 0.0581. The van der Waals surface area contributed by atoms with Crippen molar-refractivity contribution in [1.29, 1.82) is 0 Å². The quantitative estimate of drug-likeness (QED) is 0.710. The number of amides is 1.